The van der Waals surface area contributed by atoms with Gasteiger partial charge < -0.3 is 5.32 Å². The van der Waals surface area contributed by atoms with E-state index in [0.717, 1.165) is 17.5 Å². The van der Waals surface area contributed by atoms with Crippen LogP contribution in [0.2, 0.25) is 0 Å². The van der Waals surface area contributed by atoms with Gasteiger partial charge in [-0.15, -0.1) is 0 Å². The van der Waals surface area contributed by atoms with E-state index in [-0.39, 0.29) is 18.0 Å². The zero-order valence-corrected chi connectivity index (χ0v) is 16.5. The predicted octanol–water partition coefficient (Wildman–Crippen LogP) is 2.55. The van der Waals surface area contributed by atoms with Crippen LogP contribution in [0.4, 0.5) is 0 Å². The van der Waals surface area contributed by atoms with Crippen molar-refractivity contribution in [1.29, 1.82) is 0 Å². The fraction of sp³-hybridized carbons (Fsp3) is 0.318. The number of carbonyl (C=O) groups excluding carboxylic acids is 1. The number of fused-ring (bicyclic) bond motifs is 1. The van der Waals surface area contributed by atoms with Crippen LogP contribution in [0.15, 0.2) is 52.1 Å². The molecule has 0 unspecified atom stereocenters. The molecule has 146 valence electrons. The summed E-state index contributed by atoms with van der Waals surface area (Å²) in [5.41, 5.74) is 1.98. The molecule has 0 aliphatic carbocycles. The number of benzene rings is 2. The number of rotatable bonds is 6. The van der Waals surface area contributed by atoms with Crippen molar-refractivity contribution in [2.45, 2.75) is 40.2 Å². The molecule has 0 fully saturated rings. The second-order valence-electron chi connectivity index (χ2n) is 6.86. The maximum absolute atomic E-state index is 13.3. The van der Waals surface area contributed by atoms with Gasteiger partial charge in [-0.2, -0.15) is 0 Å². The van der Waals surface area contributed by atoms with Crippen LogP contribution < -0.4 is 16.6 Å². The fourth-order valence-corrected chi connectivity index (χ4v) is 3.34. The number of carbonyl (C=O) groups is 1. The molecule has 6 heteroatoms. The minimum Gasteiger partial charge on any atom is -0.355 e. The lowest BCUT2D eigenvalue weighted by molar-refractivity contribution is -0.121. The van der Waals surface area contributed by atoms with Gasteiger partial charge in [0.05, 0.1) is 16.6 Å². The highest BCUT2D eigenvalue weighted by Crippen LogP contribution is 2.15. The highest BCUT2D eigenvalue weighted by molar-refractivity contribution is 5.82. The van der Waals surface area contributed by atoms with Gasteiger partial charge in [0.1, 0.15) is 6.54 Å². The lowest BCUT2D eigenvalue weighted by atomic mass is 10.1. The standard InChI is InChI=1S/C22H25N3O3/c1-4-12-23-20(26)14-24-19-11-10-15(3)13-17(19)21(27)25(22(24)28)18-9-7-6-8-16(18)5-2/h6-11,13H,4-5,12,14H2,1-3H3,(H,23,26). The highest BCUT2D eigenvalue weighted by Gasteiger charge is 2.18. The van der Waals surface area contributed by atoms with Crippen molar-refractivity contribution in [3.05, 3.63) is 74.4 Å². The first-order chi connectivity index (χ1) is 13.5. The molecular formula is C22H25N3O3. The first-order valence-corrected chi connectivity index (χ1v) is 9.59. The van der Waals surface area contributed by atoms with Gasteiger partial charge in [0, 0.05) is 6.54 Å². The molecule has 1 N–H and O–H groups in total. The molecule has 1 heterocycles. The van der Waals surface area contributed by atoms with Crippen LogP contribution in [0.5, 0.6) is 0 Å². The molecule has 3 rings (SSSR count). The summed E-state index contributed by atoms with van der Waals surface area (Å²) in [5.74, 6) is -0.250. The minimum absolute atomic E-state index is 0.132. The van der Waals surface area contributed by atoms with E-state index in [9.17, 15) is 14.4 Å². The summed E-state index contributed by atoms with van der Waals surface area (Å²) in [6.07, 6.45) is 1.49. The molecule has 28 heavy (non-hydrogen) atoms. The minimum atomic E-state index is -0.506. The van der Waals surface area contributed by atoms with Crippen molar-refractivity contribution >= 4 is 16.8 Å². The van der Waals surface area contributed by atoms with Crippen LogP contribution in [0.1, 0.15) is 31.4 Å². The Hall–Kier alpha value is -3.15. The predicted molar refractivity (Wildman–Crippen MR) is 111 cm³/mol. The molecule has 0 saturated heterocycles. The van der Waals surface area contributed by atoms with Gasteiger partial charge in [0.15, 0.2) is 0 Å². The van der Waals surface area contributed by atoms with E-state index in [1.165, 1.54) is 9.13 Å². The van der Waals surface area contributed by atoms with E-state index in [4.69, 9.17) is 0 Å². The van der Waals surface area contributed by atoms with Gasteiger partial charge in [-0.3, -0.25) is 14.2 Å². The molecule has 2 aromatic carbocycles. The lowest BCUT2D eigenvalue weighted by Gasteiger charge is -2.16. The van der Waals surface area contributed by atoms with Crippen molar-refractivity contribution in [2.24, 2.45) is 0 Å². The average Bonchev–Trinajstić information content (AvgIpc) is 2.70. The molecule has 0 saturated carbocycles. The summed E-state index contributed by atoms with van der Waals surface area (Å²) in [6, 6.07) is 12.7. The fourth-order valence-electron chi connectivity index (χ4n) is 3.34. The summed E-state index contributed by atoms with van der Waals surface area (Å²) in [6.45, 7) is 6.25. The van der Waals surface area contributed by atoms with Crippen molar-refractivity contribution in [1.82, 2.24) is 14.5 Å². The van der Waals surface area contributed by atoms with Gasteiger partial charge in [-0.25, -0.2) is 9.36 Å². The van der Waals surface area contributed by atoms with Crippen LogP contribution in [0.3, 0.4) is 0 Å². The van der Waals surface area contributed by atoms with Gasteiger partial charge in [-0.05, 0) is 43.5 Å². The van der Waals surface area contributed by atoms with E-state index < -0.39 is 5.69 Å². The lowest BCUT2D eigenvalue weighted by Crippen LogP contribution is -2.42. The number of aromatic nitrogens is 2. The molecule has 0 radical (unpaired) electrons. The number of hydrogen-bond acceptors (Lipinski definition) is 3. The van der Waals surface area contributed by atoms with Crippen LogP contribution in [0, 0.1) is 6.92 Å². The zero-order valence-electron chi connectivity index (χ0n) is 16.5. The molecule has 0 atom stereocenters. The zero-order chi connectivity index (χ0) is 20.3. The highest BCUT2D eigenvalue weighted by atomic mass is 16.2. The third-order valence-corrected chi connectivity index (χ3v) is 4.79. The van der Waals surface area contributed by atoms with Gasteiger partial charge >= 0.3 is 5.69 Å². The number of nitrogens with one attached hydrogen (secondary N) is 1. The normalized spacial score (nSPS) is 11.0. The van der Waals surface area contributed by atoms with Gasteiger partial charge in [-0.1, -0.05) is 43.7 Å². The second kappa shape index (κ2) is 8.25. The Balaban J connectivity index is 2.32. The Labute approximate surface area is 163 Å². The summed E-state index contributed by atoms with van der Waals surface area (Å²) in [4.78, 5) is 38.9. The van der Waals surface area contributed by atoms with E-state index in [0.29, 0.717) is 29.6 Å². The largest absolute Gasteiger partial charge is 0.355 e. The van der Waals surface area contributed by atoms with E-state index in [2.05, 4.69) is 5.32 Å². The number of amides is 1. The topological polar surface area (TPSA) is 73.1 Å². The van der Waals surface area contributed by atoms with Crippen molar-refractivity contribution in [2.75, 3.05) is 6.54 Å². The molecule has 0 bridgehead atoms. The third-order valence-electron chi connectivity index (χ3n) is 4.79. The van der Waals surface area contributed by atoms with Crippen LogP contribution in [-0.2, 0) is 17.8 Å². The molecule has 0 spiro atoms. The number of hydrogen-bond donors (Lipinski definition) is 1. The number of aryl methyl sites for hydroxylation is 2. The number of para-hydroxylation sites is 1. The SMILES string of the molecule is CCCNC(=O)Cn1c(=O)n(-c2ccccc2CC)c(=O)c2cc(C)ccc21. The van der Waals surface area contributed by atoms with Crippen LogP contribution in [-0.4, -0.2) is 21.6 Å². The Bertz CT molecular complexity index is 1140. The Morgan fingerprint density at radius 2 is 1.82 bits per heavy atom. The maximum atomic E-state index is 13.3. The quantitative estimate of drug-likeness (QED) is 0.715. The molecule has 3 aromatic rings. The average molecular weight is 379 g/mol. The van der Waals surface area contributed by atoms with E-state index in [1.54, 1.807) is 24.3 Å². The van der Waals surface area contributed by atoms with Crippen LogP contribution in [0.25, 0.3) is 16.6 Å². The molecule has 6 nitrogen and oxygen atoms in total. The monoisotopic (exact) mass is 379 g/mol. The second-order valence-corrected chi connectivity index (χ2v) is 6.86. The summed E-state index contributed by atoms with van der Waals surface area (Å²) < 4.78 is 2.57. The Morgan fingerprint density at radius 3 is 2.54 bits per heavy atom. The molecular weight excluding hydrogens is 354 g/mol. The Morgan fingerprint density at radius 1 is 1.07 bits per heavy atom. The summed E-state index contributed by atoms with van der Waals surface area (Å²) >= 11 is 0. The van der Waals surface area contributed by atoms with Gasteiger partial charge in [0.2, 0.25) is 5.91 Å². The maximum Gasteiger partial charge on any atom is 0.336 e. The molecule has 1 aromatic heterocycles. The summed E-state index contributed by atoms with van der Waals surface area (Å²) in [5, 5.41) is 3.22. The molecule has 1 amide bonds. The first kappa shape index (κ1) is 19.6. The smallest absolute Gasteiger partial charge is 0.336 e. The van der Waals surface area contributed by atoms with Gasteiger partial charge in [0.25, 0.3) is 5.56 Å². The Kier molecular flexibility index (Phi) is 5.78. The van der Waals surface area contributed by atoms with E-state index in [1.807, 2.05) is 39.0 Å². The van der Waals surface area contributed by atoms with Crippen LogP contribution >= 0.6 is 0 Å². The van der Waals surface area contributed by atoms with E-state index >= 15 is 0 Å². The molecule has 0 aliphatic heterocycles. The molecule has 0 aliphatic rings. The third kappa shape index (κ3) is 3.63. The first-order valence-electron chi connectivity index (χ1n) is 9.59. The number of nitrogens with zero attached hydrogens (tertiary/aromatic N) is 2. The summed E-state index contributed by atoms with van der Waals surface area (Å²) in [7, 11) is 0. The van der Waals surface area contributed by atoms with Crippen molar-refractivity contribution in [3.8, 4) is 5.69 Å². The van der Waals surface area contributed by atoms with Crippen molar-refractivity contribution < 1.29 is 4.79 Å². The van der Waals surface area contributed by atoms with Crippen molar-refractivity contribution in [3.63, 3.8) is 0 Å².